The van der Waals surface area contributed by atoms with Crippen LogP contribution < -0.4 is 15.5 Å². The number of hydrogen-bond donors (Lipinski definition) is 2. The van der Waals surface area contributed by atoms with Crippen molar-refractivity contribution in [3.8, 4) is 0 Å². The van der Waals surface area contributed by atoms with E-state index in [4.69, 9.17) is 0 Å². The molecule has 30 heavy (non-hydrogen) atoms. The van der Waals surface area contributed by atoms with Crippen molar-refractivity contribution < 1.29 is 0 Å². The van der Waals surface area contributed by atoms with Crippen LogP contribution >= 0.6 is 0 Å². The molecule has 164 valence electrons. The summed E-state index contributed by atoms with van der Waals surface area (Å²) in [5, 5.41) is 11.0. The first-order valence-electron chi connectivity index (χ1n) is 11.2. The summed E-state index contributed by atoms with van der Waals surface area (Å²) in [4.78, 5) is 9.76. The Hall–Kier alpha value is -2.54. The van der Waals surface area contributed by atoms with Gasteiger partial charge < -0.3 is 15.5 Å². The third kappa shape index (κ3) is 6.76. The van der Waals surface area contributed by atoms with E-state index in [9.17, 15) is 0 Å². The van der Waals surface area contributed by atoms with Crippen LogP contribution in [0.25, 0.3) is 0 Å². The number of guanidine groups is 1. The van der Waals surface area contributed by atoms with E-state index in [1.54, 1.807) is 0 Å². The number of aryl methyl sites for hydroxylation is 2. The lowest BCUT2D eigenvalue weighted by atomic mass is 10.2. The molecule has 0 saturated carbocycles. The van der Waals surface area contributed by atoms with Crippen molar-refractivity contribution in [3.05, 3.63) is 47.8 Å². The number of aromatic nitrogens is 2. The fraction of sp³-hybridized carbons (Fsp3) is 0.565. The number of hydrogen-bond acceptors (Lipinski definition) is 4. The fourth-order valence-electron chi connectivity index (χ4n) is 3.78. The number of benzene rings is 1. The smallest absolute Gasteiger partial charge is 0.191 e. The molecule has 1 saturated heterocycles. The SMILES string of the molecule is CCNC(=NCc1ccnn1C)NCCCCN1CCN(c2cccc(C)c2)CC1. The lowest BCUT2D eigenvalue weighted by Gasteiger charge is -2.36. The summed E-state index contributed by atoms with van der Waals surface area (Å²) in [5.41, 5.74) is 3.81. The minimum atomic E-state index is 0.636. The molecule has 0 aliphatic carbocycles. The number of anilines is 1. The highest BCUT2D eigenvalue weighted by molar-refractivity contribution is 5.79. The van der Waals surface area contributed by atoms with Gasteiger partial charge >= 0.3 is 0 Å². The van der Waals surface area contributed by atoms with Gasteiger partial charge in [0, 0.05) is 58.2 Å². The number of rotatable bonds is 9. The Morgan fingerprint density at radius 3 is 2.63 bits per heavy atom. The topological polar surface area (TPSA) is 60.7 Å². The van der Waals surface area contributed by atoms with E-state index in [2.05, 4.69) is 68.6 Å². The van der Waals surface area contributed by atoms with Crippen molar-refractivity contribution in [1.82, 2.24) is 25.3 Å². The van der Waals surface area contributed by atoms with Crippen molar-refractivity contribution >= 4 is 11.6 Å². The molecule has 0 radical (unpaired) electrons. The number of unbranched alkanes of at least 4 members (excludes halogenated alkanes) is 1. The molecule has 1 aliphatic rings. The molecule has 7 nitrogen and oxygen atoms in total. The predicted molar refractivity (Wildman–Crippen MR) is 125 cm³/mol. The first-order chi connectivity index (χ1) is 14.7. The second kappa shape index (κ2) is 11.6. The van der Waals surface area contributed by atoms with Crippen LogP contribution in [0.15, 0.2) is 41.5 Å². The zero-order valence-corrected chi connectivity index (χ0v) is 18.8. The minimum absolute atomic E-state index is 0.636. The van der Waals surface area contributed by atoms with E-state index in [1.165, 1.54) is 24.2 Å². The molecule has 1 fully saturated rings. The summed E-state index contributed by atoms with van der Waals surface area (Å²) in [6.07, 6.45) is 4.17. The highest BCUT2D eigenvalue weighted by Crippen LogP contribution is 2.17. The maximum absolute atomic E-state index is 4.67. The van der Waals surface area contributed by atoms with Crippen molar-refractivity contribution in [2.45, 2.75) is 33.2 Å². The van der Waals surface area contributed by atoms with Gasteiger partial charge in [-0.2, -0.15) is 5.10 Å². The van der Waals surface area contributed by atoms with E-state index >= 15 is 0 Å². The van der Waals surface area contributed by atoms with Crippen LogP contribution in [-0.4, -0.2) is 66.5 Å². The molecule has 0 unspecified atom stereocenters. The number of nitrogens with one attached hydrogen (secondary N) is 2. The third-order valence-corrected chi connectivity index (χ3v) is 5.60. The molecule has 1 aliphatic heterocycles. The molecule has 0 amide bonds. The summed E-state index contributed by atoms with van der Waals surface area (Å²) in [7, 11) is 1.95. The third-order valence-electron chi connectivity index (χ3n) is 5.60. The second-order valence-corrected chi connectivity index (χ2v) is 7.94. The molecular formula is C23H37N7. The Labute approximate surface area is 181 Å². The lowest BCUT2D eigenvalue weighted by molar-refractivity contribution is 0.253. The highest BCUT2D eigenvalue weighted by atomic mass is 15.3. The first kappa shape index (κ1) is 22.2. The summed E-state index contributed by atoms with van der Waals surface area (Å²) in [6, 6.07) is 10.8. The van der Waals surface area contributed by atoms with Gasteiger partial charge in [0.05, 0.1) is 12.2 Å². The van der Waals surface area contributed by atoms with Gasteiger partial charge in [-0.25, -0.2) is 4.99 Å². The molecule has 1 aromatic carbocycles. The van der Waals surface area contributed by atoms with Gasteiger partial charge in [0.15, 0.2) is 5.96 Å². The van der Waals surface area contributed by atoms with E-state index in [1.807, 2.05) is 24.0 Å². The van der Waals surface area contributed by atoms with Gasteiger partial charge in [-0.05, 0) is 57.0 Å². The number of nitrogens with zero attached hydrogens (tertiary/aromatic N) is 5. The standard InChI is InChI=1S/C23H37N7/c1-4-24-23(26-19-22-10-12-27-28(22)3)25-11-5-6-13-29-14-16-30(17-15-29)21-9-7-8-20(2)18-21/h7-10,12,18H,4-6,11,13-17,19H2,1-3H3,(H2,24,25,26). The number of aliphatic imine (C=N–C) groups is 1. The van der Waals surface area contributed by atoms with Crippen LogP contribution in [-0.2, 0) is 13.6 Å². The highest BCUT2D eigenvalue weighted by Gasteiger charge is 2.16. The van der Waals surface area contributed by atoms with Crippen molar-refractivity contribution in [1.29, 1.82) is 0 Å². The van der Waals surface area contributed by atoms with Gasteiger partial charge in [0.1, 0.15) is 0 Å². The zero-order chi connectivity index (χ0) is 21.2. The van der Waals surface area contributed by atoms with Crippen LogP contribution in [0.1, 0.15) is 31.0 Å². The molecule has 2 N–H and O–H groups in total. The average molecular weight is 412 g/mol. The van der Waals surface area contributed by atoms with Gasteiger partial charge in [-0.3, -0.25) is 9.58 Å². The van der Waals surface area contributed by atoms with Crippen molar-refractivity contribution in [2.75, 3.05) is 50.7 Å². The summed E-state index contributed by atoms with van der Waals surface area (Å²) in [5.74, 6) is 0.880. The molecule has 7 heteroatoms. The molecule has 2 heterocycles. The van der Waals surface area contributed by atoms with Crippen LogP contribution in [0.2, 0.25) is 0 Å². The van der Waals surface area contributed by atoms with E-state index < -0.39 is 0 Å². The quantitative estimate of drug-likeness (QED) is 0.377. The Morgan fingerprint density at radius 2 is 1.93 bits per heavy atom. The van der Waals surface area contributed by atoms with Crippen LogP contribution in [0.5, 0.6) is 0 Å². The van der Waals surface area contributed by atoms with Gasteiger partial charge in [-0.15, -0.1) is 0 Å². The van der Waals surface area contributed by atoms with E-state index in [-0.39, 0.29) is 0 Å². The van der Waals surface area contributed by atoms with Gasteiger partial charge in [-0.1, -0.05) is 12.1 Å². The van der Waals surface area contributed by atoms with Crippen molar-refractivity contribution in [3.63, 3.8) is 0 Å². The number of piperazine rings is 1. The minimum Gasteiger partial charge on any atom is -0.369 e. The Kier molecular flexibility index (Phi) is 8.56. The van der Waals surface area contributed by atoms with E-state index in [0.29, 0.717) is 6.54 Å². The lowest BCUT2D eigenvalue weighted by Crippen LogP contribution is -2.46. The largest absolute Gasteiger partial charge is 0.369 e. The molecular weight excluding hydrogens is 374 g/mol. The predicted octanol–water partition coefficient (Wildman–Crippen LogP) is 2.39. The monoisotopic (exact) mass is 411 g/mol. The maximum Gasteiger partial charge on any atom is 0.191 e. The second-order valence-electron chi connectivity index (χ2n) is 7.94. The zero-order valence-electron chi connectivity index (χ0n) is 18.8. The Balaban J connectivity index is 1.32. The van der Waals surface area contributed by atoms with Gasteiger partial charge in [0.2, 0.25) is 0 Å². The summed E-state index contributed by atoms with van der Waals surface area (Å²) < 4.78 is 1.87. The maximum atomic E-state index is 4.67. The molecule has 0 bridgehead atoms. The van der Waals surface area contributed by atoms with Crippen LogP contribution in [0, 0.1) is 6.92 Å². The summed E-state index contributed by atoms with van der Waals surface area (Å²) in [6.45, 7) is 12.4. The molecule has 0 atom stereocenters. The van der Waals surface area contributed by atoms with Gasteiger partial charge in [0.25, 0.3) is 0 Å². The van der Waals surface area contributed by atoms with Crippen molar-refractivity contribution in [2.24, 2.45) is 12.0 Å². The molecule has 2 aromatic rings. The average Bonchev–Trinajstić information content (AvgIpc) is 3.17. The van der Waals surface area contributed by atoms with E-state index in [0.717, 1.165) is 57.3 Å². The molecule has 3 rings (SSSR count). The molecule has 0 spiro atoms. The summed E-state index contributed by atoms with van der Waals surface area (Å²) >= 11 is 0. The Bertz CT molecular complexity index is 790. The molecule has 1 aromatic heterocycles. The fourth-order valence-corrected chi connectivity index (χ4v) is 3.78. The van der Waals surface area contributed by atoms with Crippen LogP contribution in [0.3, 0.4) is 0 Å². The Morgan fingerprint density at radius 1 is 1.10 bits per heavy atom. The normalized spacial score (nSPS) is 15.4. The van der Waals surface area contributed by atoms with Crippen LogP contribution in [0.4, 0.5) is 5.69 Å². The first-order valence-corrected chi connectivity index (χ1v) is 11.2.